The lowest BCUT2D eigenvalue weighted by molar-refractivity contribution is -0.141. The summed E-state index contributed by atoms with van der Waals surface area (Å²) in [6, 6.07) is 6.67. The molecular weight excluding hydrogens is 371 g/mol. The zero-order chi connectivity index (χ0) is 15.8. The molecule has 0 radical (unpaired) electrons. The van der Waals surface area contributed by atoms with Crippen molar-refractivity contribution in [3.05, 3.63) is 62.3 Å². The van der Waals surface area contributed by atoms with Gasteiger partial charge in [0.05, 0.1) is 5.56 Å². The summed E-state index contributed by atoms with van der Waals surface area (Å²) in [6.07, 6.45) is -4.60. The minimum Gasteiger partial charge on any atom is -0.288 e. The molecule has 0 spiro atoms. The summed E-state index contributed by atoms with van der Waals surface area (Å²) >= 11 is 9.00. The van der Waals surface area contributed by atoms with Crippen molar-refractivity contribution >= 4 is 33.3 Å². The standard InChI is InChI=1S/C14H8BrClF3NO/c1-7-2-3-8(6-10(7)15)12(21)9-4-5-11(14(17,18)19)20-13(9)16/h2-6H,1H3. The topological polar surface area (TPSA) is 30.0 Å². The van der Waals surface area contributed by atoms with Crippen LogP contribution in [0.3, 0.4) is 0 Å². The predicted molar refractivity (Wildman–Crippen MR) is 76.6 cm³/mol. The molecular formula is C14H8BrClF3NO. The number of benzene rings is 1. The van der Waals surface area contributed by atoms with Gasteiger partial charge in [0.25, 0.3) is 0 Å². The van der Waals surface area contributed by atoms with Crippen LogP contribution in [0.1, 0.15) is 27.2 Å². The lowest BCUT2D eigenvalue weighted by Gasteiger charge is -2.09. The Balaban J connectivity index is 2.42. The van der Waals surface area contributed by atoms with Crippen LogP contribution in [-0.2, 0) is 6.18 Å². The van der Waals surface area contributed by atoms with Crippen LogP contribution in [0.2, 0.25) is 5.15 Å². The first kappa shape index (κ1) is 16.0. The van der Waals surface area contributed by atoms with Crippen LogP contribution >= 0.6 is 27.5 Å². The van der Waals surface area contributed by atoms with Crippen molar-refractivity contribution in [3.8, 4) is 0 Å². The Morgan fingerprint density at radius 3 is 2.43 bits per heavy atom. The Bertz CT molecular complexity index is 716. The van der Waals surface area contributed by atoms with Gasteiger partial charge in [-0.3, -0.25) is 4.79 Å². The van der Waals surface area contributed by atoms with E-state index < -0.39 is 22.8 Å². The van der Waals surface area contributed by atoms with Gasteiger partial charge in [-0.15, -0.1) is 0 Å². The van der Waals surface area contributed by atoms with Gasteiger partial charge in [0.2, 0.25) is 0 Å². The SMILES string of the molecule is Cc1ccc(C(=O)c2ccc(C(F)(F)F)nc2Cl)cc1Br. The molecule has 0 saturated carbocycles. The fraction of sp³-hybridized carbons (Fsp3) is 0.143. The molecule has 1 aromatic heterocycles. The van der Waals surface area contributed by atoms with Crippen molar-refractivity contribution in [3.63, 3.8) is 0 Å². The smallest absolute Gasteiger partial charge is 0.288 e. The molecule has 0 unspecified atom stereocenters. The molecule has 1 aromatic carbocycles. The number of hydrogen-bond donors (Lipinski definition) is 0. The van der Waals surface area contributed by atoms with Gasteiger partial charge < -0.3 is 0 Å². The van der Waals surface area contributed by atoms with Crippen molar-refractivity contribution in [1.29, 1.82) is 0 Å². The van der Waals surface area contributed by atoms with Gasteiger partial charge in [-0.25, -0.2) is 4.98 Å². The molecule has 7 heteroatoms. The van der Waals surface area contributed by atoms with Gasteiger partial charge in [-0.1, -0.05) is 39.7 Å². The van der Waals surface area contributed by atoms with Crippen molar-refractivity contribution in [1.82, 2.24) is 4.98 Å². The number of nitrogens with zero attached hydrogens (tertiary/aromatic N) is 1. The minimum absolute atomic E-state index is 0.0691. The van der Waals surface area contributed by atoms with Crippen LogP contribution in [-0.4, -0.2) is 10.8 Å². The van der Waals surface area contributed by atoms with Crippen molar-refractivity contribution < 1.29 is 18.0 Å². The number of ketones is 1. The maximum Gasteiger partial charge on any atom is 0.433 e. The van der Waals surface area contributed by atoms with Gasteiger partial charge in [0, 0.05) is 10.0 Å². The first-order chi connectivity index (χ1) is 9.70. The van der Waals surface area contributed by atoms with Crippen LogP contribution in [0.25, 0.3) is 0 Å². The molecule has 2 rings (SSSR count). The van der Waals surface area contributed by atoms with Gasteiger partial charge >= 0.3 is 6.18 Å². The van der Waals surface area contributed by atoms with E-state index in [1.54, 1.807) is 18.2 Å². The number of pyridine rings is 1. The molecule has 0 aliphatic carbocycles. The summed E-state index contributed by atoms with van der Waals surface area (Å²) < 4.78 is 38.3. The number of alkyl halides is 3. The highest BCUT2D eigenvalue weighted by atomic mass is 79.9. The zero-order valence-corrected chi connectivity index (χ0v) is 13.0. The third kappa shape index (κ3) is 3.44. The van der Waals surface area contributed by atoms with E-state index in [0.717, 1.165) is 22.2 Å². The van der Waals surface area contributed by atoms with Crippen LogP contribution in [0.5, 0.6) is 0 Å². The second kappa shape index (κ2) is 5.77. The molecule has 0 aliphatic rings. The highest BCUT2D eigenvalue weighted by Crippen LogP contribution is 2.30. The Kier molecular flexibility index (Phi) is 4.39. The quantitative estimate of drug-likeness (QED) is 0.540. The van der Waals surface area contributed by atoms with Crippen LogP contribution in [0.15, 0.2) is 34.8 Å². The fourth-order valence-electron chi connectivity index (χ4n) is 1.65. The molecule has 0 bridgehead atoms. The van der Waals surface area contributed by atoms with Crippen LogP contribution in [0.4, 0.5) is 13.2 Å². The first-order valence-corrected chi connectivity index (χ1v) is 6.92. The van der Waals surface area contributed by atoms with E-state index in [1.807, 2.05) is 6.92 Å². The van der Waals surface area contributed by atoms with Crippen molar-refractivity contribution in [2.24, 2.45) is 0 Å². The van der Waals surface area contributed by atoms with E-state index >= 15 is 0 Å². The zero-order valence-electron chi connectivity index (χ0n) is 10.6. The molecule has 2 nitrogen and oxygen atoms in total. The number of hydrogen-bond acceptors (Lipinski definition) is 2. The molecule has 0 N–H and O–H groups in total. The first-order valence-electron chi connectivity index (χ1n) is 5.74. The second-order valence-electron chi connectivity index (χ2n) is 4.33. The molecule has 0 aliphatic heterocycles. The second-order valence-corrected chi connectivity index (χ2v) is 5.54. The number of carbonyl (C=O) groups excluding carboxylic acids is 1. The van der Waals surface area contributed by atoms with Gasteiger partial charge in [-0.05, 0) is 30.7 Å². The number of carbonyl (C=O) groups is 1. The Hall–Kier alpha value is -1.40. The summed E-state index contributed by atoms with van der Waals surface area (Å²) in [4.78, 5) is 15.5. The third-order valence-electron chi connectivity index (χ3n) is 2.82. The van der Waals surface area contributed by atoms with Gasteiger partial charge in [-0.2, -0.15) is 13.2 Å². The maximum atomic E-state index is 12.5. The molecule has 0 atom stereocenters. The molecule has 21 heavy (non-hydrogen) atoms. The van der Waals surface area contributed by atoms with Crippen LogP contribution in [0, 0.1) is 6.92 Å². The summed E-state index contributed by atoms with van der Waals surface area (Å²) in [6.45, 7) is 1.85. The number of aromatic nitrogens is 1. The third-order valence-corrected chi connectivity index (χ3v) is 3.96. The molecule has 110 valence electrons. The highest BCUT2D eigenvalue weighted by molar-refractivity contribution is 9.10. The average Bonchev–Trinajstić information content (AvgIpc) is 2.40. The van der Waals surface area contributed by atoms with Crippen molar-refractivity contribution in [2.45, 2.75) is 13.1 Å². The van der Waals surface area contributed by atoms with Crippen molar-refractivity contribution in [2.75, 3.05) is 0 Å². The summed E-state index contributed by atoms with van der Waals surface area (Å²) in [5.74, 6) is -0.484. The summed E-state index contributed by atoms with van der Waals surface area (Å²) in [5.41, 5.74) is 0.0497. The lowest BCUT2D eigenvalue weighted by Crippen LogP contribution is -2.11. The largest absolute Gasteiger partial charge is 0.433 e. The molecule has 2 aromatic rings. The molecule has 0 saturated heterocycles. The van der Waals surface area contributed by atoms with E-state index in [1.165, 1.54) is 0 Å². The summed E-state index contributed by atoms with van der Waals surface area (Å²) in [5, 5.41) is -0.466. The van der Waals surface area contributed by atoms with E-state index in [2.05, 4.69) is 20.9 Å². The van der Waals surface area contributed by atoms with Gasteiger partial charge in [0.15, 0.2) is 5.78 Å². The predicted octanol–water partition coefficient (Wildman–Crippen LogP) is 5.06. The van der Waals surface area contributed by atoms with E-state index in [9.17, 15) is 18.0 Å². The van der Waals surface area contributed by atoms with E-state index in [0.29, 0.717) is 5.56 Å². The average molecular weight is 379 g/mol. The van der Waals surface area contributed by atoms with Gasteiger partial charge in [0.1, 0.15) is 10.8 Å². The monoisotopic (exact) mass is 377 g/mol. The molecule has 0 amide bonds. The van der Waals surface area contributed by atoms with E-state index in [-0.39, 0.29) is 5.56 Å². The van der Waals surface area contributed by atoms with Crippen LogP contribution < -0.4 is 0 Å². The maximum absolute atomic E-state index is 12.5. The highest BCUT2D eigenvalue weighted by Gasteiger charge is 2.33. The summed E-state index contributed by atoms with van der Waals surface area (Å²) in [7, 11) is 0. The Morgan fingerprint density at radius 1 is 1.24 bits per heavy atom. The molecule has 1 heterocycles. The van der Waals surface area contributed by atoms with E-state index in [4.69, 9.17) is 11.6 Å². The number of rotatable bonds is 2. The normalized spacial score (nSPS) is 11.5. The number of halogens is 5. The fourth-order valence-corrected chi connectivity index (χ4v) is 2.27. The Labute approximate surface area is 132 Å². The molecule has 0 fully saturated rings. The number of aryl methyl sites for hydroxylation is 1. The minimum atomic E-state index is -4.60. The Morgan fingerprint density at radius 2 is 1.90 bits per heavy atom. The lowest BCUT2D eigenvalue weighted by atomic mass is 10.0.